The zero-order valence-corrected chi connectivity index (χ0v) is 15.8. The molecule has 5 heteroatoms. The molecule has 0 fully saturated rings. The van der Waals surface area contributed by atoms with Gasteiger partial charge in [0.25, 0.3) is 0 Å². The smallest absolute Gasteiger partial charge is 0.160 e. The molecule has 0 bridgehead atoms. The monoisotopic (exact) mass is 368 g/mol. The Morgan fingerprint density at radius 1 is 0.893 bits per heavy atom. The van der Waals surface area contributed by atoms with Crippen LogP contribution in [0.25, 0.3) is 33.9 Å². The highest BCUT2D eigenvalue weighted by Gasteiger charge is 2.15. The summed E-state index contributed by atoms with van der Waals surface area (Å²) in [4.78, 5) is 9.19. The molecule has 0 atom stereocenters. The molecule has 2 heterocycles. The molecule has 2 aromatic carbocycles. The average Bonchev–Trinajstić information content (AvgIpc) is 3.12. The van der Waals surface area contributed by atoms with Gasteiger partial charge in [0.05, 0.1) is 12.3 Å². The van der Waals surface area contributed by atoms with Gasteiger partial charge in [-0.2, -0.15) is 5.26 Å². The van der Waals surface area contributed by atoms with E-state index >= 15 is 0 Å². The number of aryl methyl sites for hydroxylation is 2. The standard InChI is InChI=1S/C23H20N4O/c1-15-3-4-19(11-16(15)2)17-5-7-18(8-6-17)23-25-21-12-20(13-24)27(9-10-28)14-22(21)26-23/h3-8,11-12,14,28H,9-10H2,1-2H3. The van der Waals surface area contributed by atoms with Crippen LogP contribution in [-0.2, 0) is 6.54 Å². The summed E-state index contributed by atoms with van der Waals surface area (Å²) < 4.78 is 1.70. The minimum Gasteiger partial charge on any atom is -0.395 e. The third-order valence-electron chi connectivity index (χ3n) is 5.01. The third kappa shape index (κ3) is 3.26. The van der Waals surface area contributed by atoms with Crippen molar-refractivity contribution in [2.24, 2.45) is 0 Å². The summed E-state index contributed by atoms with van der Waals surface area (Å²) in [5, 5.41) is 18.5. The molecule has 0 aromatic heterocycles. The first kappa shape index (κ1) is 17.9. The predicted molar refractivity (Wildman–Crippen MR) is 109 cm³/mol. The zero-order valence-electron chi connectivity index (χ0n) is 15.8. The van der Waals surface area contributed by atoms with Gasteiger partial charge >= 0.3 is 0 Å². The Bertz CT molecular complexity index is 1150. The summed E-state index contributed by atoms with van der Waals surface area (Å²) in [7, 11) is 0. The number of benzene rings is 2. The van der Waals surface area contributed by atoms with Gasteiger partial charge in [0.2, 0.25) is 0 Å². The number of pyridine rings is 1. The number of rotatable bonds is 4. The molecule has 138 valence electrons. The van der Waals surface area contributed by atoms with Crippen molar-refractivity contribution >= 4 is 0 Å². The van der Waals surface area contributed by atoms with Crippen LogP contribution in [0.15, 0.2) is 54.7 Å². The minimum absolute atomic E-state index is 0.0359. The highest BCUT2D eigenvalue weighted by atomic mass is 16.3. The molecule has 0 radical (unpaired) electrons. The lowest BCUT2D eigenvalue weighted by Crippen LogP contribution is -2.07. The Morgan fingerprint density at radius 3 is 2.25 bits per heavy atom. The van der Waals surface area contributed by atoms with Gasteiger partial charge in [-0.25, -0.2) is 9.97 Å². The average molecular weight is 368 g/mol. The number of aromatic nitrogens is 3. The number of nitriles is 1. The third-order valence-corrected chi connectivity index (χ3v) is 5.01. The van der Waals surface area contributed by atoms with Gasteiger partial charge in [-0.3, -0.25) is 0 Å². The van der Waals surface area contributed by atoms with E-state index in [1.165, 1.54) is 16.7 Å². The maximum absolute atomic E-state index is 9.30. The Hall–Kier alpha value is -3.49. The molecule has 0 aliphatic carbocycles. The van der Waals surface area contributed by atoms with Gasteiger partial charge in [-0.1, -0.05) is 42.5 Å². The van der Waals surface area contributed by atoms with Gasteiger partial charge in [-0.15, -0.1) is 0 Å². The topological polar surface area (TPSA) is 74.7 Å². The second kappa shape index (κ2) is 7.26. The summed E-state index contributed by atoms with van der Waals surface area (Å²) in [6.45, 7) is 4.55. The van der Waals surface area contributed by atoms with Crippen LogP contribution in [-0.4, -0.2) is 26.2 Å². The van der Waals surface area contributed by atoms with Crippen LogP contribution in [0.4, 0.5) is 0 Å². The molecule has 0 saturated heterocycles. The first-order chi connectivity index (χ1) is 13.6. The van der Waals surface area contributed by atoms with Gasteiger partial charge in [-0.05, 0) is 36.1 Å². The van der Waals surface area contributed by atoms with Gasteiger partial charge in [0, 0.05) is 24.4 Å². The lowest BCUT2D eigenvalue weighted by atomic mass is 9.99. The molecule has 0 saturated carbocycles. The first-order valence-corrected chi connectivity index (χ1v) is 9.16. The summed E-state index contributed by atoms with van der Waals surface area (Å²) in [6, 6.07) is 18.5. The van der Waals surface area contributed by atoms with E-state index in [1.807, 2.05) is 12.1 Å². The van der Waals surface area contributed by atoms with Crippen molar-refractivity contribution in [2.75, 3.05) is 6.61 Å². The lowest BCUT2D eigenvalue weighted by Gasteiger charge is -2.08. The van der Waals surface area contributed by atoms with Crippen LogP contribution in [0.1, 0.15) is 16.8 Å². The number of hydrogen-bond donors (Lipinski definition) is 1. The number of aliphatic hydroxyl groups is 1. The largest absolute Gasteiger partial charge is 0.395 e. The van der Waals surface area contributed by atoms with Gasteiger partial charge < -0.3 is 9.67 Å². The molecule has 5 nitrogen and oxygen atoms in total. The van der Waals surface area contributed by atoms with E-state index in [1.54, 1.807) is 16.8 Å². The van der Waals surface area contributed by atoms with E-state index in [4.69, 9.17) is 0 Å². The van der Waals surface area contributed by atoms with E-state index in [0.717, 1.165) is 11.1 Å². The molecule has 1 N–H and O–H groups in total. The van der Waals surface area contributed by atoms with Crippen LogP contribution < -0.4 is 0 Å². The Labute approximate surface area is 163 Å². The molecule has 2 aromatic rings. The van der Waals surface area contributed by atoms with Crippen LogP contribution in [0.2, 0.25) is 0 Å². The molecular weight excluding hydrogens is 348 g/mol. The van der Waals surface area contributed by atoms with Crippen molar-refractivity contribution in [1.82, 2.24) is 14.5 Å². The molecule has 2 aliphatic rings. The van der Waals surface area contributed by atoms with Gasteiger partial charge in [0.15, 0.2) is 5.82 Å². The number of hydrogen-bond acceptors (Lipinski definition) is 4. The van der Waals surface area contributed by atoms with Crippen LogP contribution in [0.3, 0.4) is 0 Å². The molecular formula is C23H20N4O. The van der Waals surface area contributed by atoms with Crippen molar-refractivity contribution in [2.45, 2.75) is 20.4 Å². The van der Waals surface area contributed by atoms with E-state index < -0.39 is 0 Å². The second-order valence-corrected chi connectivity index (χ2v) is 6.88. The van der Waals surface area contributed by atoms with E-state index in [2.05, 4.69) is 60.2 Å². The van der Waals surface area contributed by atoms with Crippen LogP contribution in [0, 0.1) is 25.2 Å². The van der Waals surface area contributed by atoms with E-state index in [9.17, 15) is 10.4 Å². The first-order valence-electron chi connectivity index (χ1n) is 9.16. The molecule has 2 aliphatic heterocycles. The summed E-state index contributed by atoms with van der Waals surface area (Å²) in [6.07, 6.45) is 1.77. The van der Waals surface area contributed by atoms with E-state index in [-0.39, 0.29) is 6.61 Å². The number of aliphatic hydroxyl groups excluding tert-OH is 1. The normalized spacial score (nSPS) is 10.9. The highest BCUT2D eigenvalue weighted by molar-refractivity contribution is 5.71. The Morgan fingerprint density at radius 2 is 1.57 bits per heavy atom. The van der Waals surface area contributed by atoms with Crippen molar-refractivity contribution < 1.29 is 5.11 Å². The fraction of sp³-hybridized carbons (Fsp3) is 0.174. The lowest BCUT2D eigenvalue weighted by molar-refractivity contribution is 0.275. The maximum Gasteiger partial charge on any atom is 0.160 e. The number of nitrogens with zero attached hydrogens (tertiary/aromatic N) is 4. The Balaban J connectivity index is 1.69. The molecule has 0 spiro atoms. The number of imidazole rings is 1. The molecule has 28 heavy (non-hydrogen) atoms. The quantitative estimate of drug-likeness (QED) is 0.586. The Kier molecular flexibility index (Phi) is 4.64. The van der Waals surface area contributed by atoms with Crippen molar-refractivity contribution in [1.29, 1.82) is 5.26 Å². The summed E-state index contributed by atoms with van der Waals surface area (Å²) in [5.41, 5.74) is 7.67. The van der Waals surface area contributed by atoms with E-state index in [0.29, 0.717) is 29.5 Å². The molecule has 0 amide bonds. The number of fused-ring (bicyclic) bond motifs is 1. The molecule has 4 rings (SSSR count). The summed E-state index contributed by atoms with van der Waals surface area (Å²) >= 11 is 0. The van der Waals surface area contributed by atoms with Gasteiger partial charge in [0.1, 0.15) is 17.5 Å². The predicted octanol–water partition coefficient (Wildman–Crippen LogP) is 4.20. The van der Waals surface area contributed by atoms with Crippen molar-refractivity contribution in [3.8, 4) is 40.0 Å². The zero-order chi connectivity index (χ0) is 19.7. The second-order valence-electron chi connectivity index (χ2n) is 6.88. The van der Waals surface area contributed by atoms with Crippen molar-refractivity contribution in [3.05, 3.63) is 71.5 Å². The fourth-order valence-corrected chi connectivity index (χ4v) is 3.25. The summed E-state index contributed by atoms with van der Waals surface area (Å²) in [5.74, 6) is 0.632. The maximum atomic E-state index is 9.30. The van der Waals surface area contributed by atoms with Crippen LogP contribution >= 0.6 is 0 Å². The molecule has 0 unspecified atom stereocenters. The fourth-order valence-electron chi connectivity index (χ4n) is 3.25. The van der Waals surface area contributed by atoms with Crippen molar-refractivity contribution in [3.63, 3.8) is 0 Å². The highest BCUT2D eigenvalue weighted by Crippen LogP contribution is 2.28. The SMILES string of the molecule is Cc1ccc(-c2ccc(-c3nc4cc(C#N)n(CCO)cc-4n3)cc2)cc1C. The minimum atomic E-state index is -0.0359. The van der Waals surface area contributed by atoms with Crippen LogP contribution in [0.5, 0.6) is 0 Å².